The number of hydrogen-bond acceptors (Lipinski definition) is 4. The molecule has 7 nitrogen and oxygen atoms in total. The van der Waals surface area contributed by atoms with E-state index >= 15 is 0 Å². The number of benzene rings is 2. The molecule has 158 valence electrons. The van der Waals surface area contributed by atoms with Crippen LogP contribution in [0, 0.1) is 6.92 Å². The molecule has 1 atom stereocenters. The highest BCUT2D eigenvalue weighted by Gasteiger charge is 2.35. The minimum Gasteiger partial charge on any atom is -0.481 e. The summed E-state index contributed by atoms with van der Waals surface area (Å²) in [4.78, 5) is 23.9. The molecule has 0 fully saturated rings. The molecule has 0 radical (unpaired) electrons. The summed E-state index contributed by atoms with van der Waals surface area (Å²) in [5.41, 5.74) is 4.31. The van der Waals surface area contributed by atoms with Crippen molar-refractivity contribution in [2.24, 2.45) is 5.10 Å². The molecule has 3 aromatic rings. The van der Waals surface area contributed by atoms with Gasteiger partial charge in [0, 0.05) is 29.1 Å². The zero-order chi connectivity index (χ0) is 22.0. The fourth-order valence-corrected chi connectivity index (χ4v) is 4.07. The second-order valence-corrected chi connectivity index (χ2v) is 8.27. The molecule has 31 heavy (non-hydrogen) atoms. The third-order valence-corrected chi connectivity index (χ3v) is 5.69. The van der Waals surface area contributed by atoms with Crippen molar-refractivity contribution in [2.75, 3.05) is 0 Å². The van der Waals surface area contributed by atoms with Crippen molar-refractivity contribution in [3.63, 3.8) is 0 Å². The molecular formula is C23H21BrN4O3. The summed E-state index contributed by atoms with van der Waals surface area (Å²) < 4.78 is 2.72. The number of carbonyl (C=O) groups is 2. The third-order valence-electron chi connectivity index (χ3n) is 5.19. The van der Waals surface area contributed by atoms with E-state index in [0.717, 1.165) is 32.7 Å². The van der Waals surface area contributed by atoms with E-state index in [4.69, 9.17) is 5.11 Å². The maximum Gasteiger partial charge on any atom is 0.303 e. The molecule has 0 unspecified atom stereocenters. The predicted octanol–water partition coefficient (Wildman–Crippen LogP) is 4.49. The Hall–Kier alpha value is -3.26. The molecule has 1 N–H and O–H groups in total. The fourth-order valence-electron chi connectivity index (χ4n) is 3.67. The number of aliphatic carboxylic acids is 1. The smallest absolute Gasteiger partial charge is 0.303 e. The van der Waals surface area contributed by atoms with Gasteiger partial charge < -0.3 is 5.11 Å². The van der Waals surface area contributed by atoms with E-state index in [-0.39, 0.29) is 24.8 Å². The molecular weight excluding hydrogens is 460 g/mol. The van der Waals surface area contributed by atoms with Crippen LogP contribution in [0.3, 0.4) is 0 Å². The number of carbonyl (C=O) groups excluding carboxylic acids is 1. The Morgan fingerprint density at radius 1 is 1.13 bits per heavy atom. The van der Waals surface area contributed by atoms with Crippen LogP contribution in [0.4, 0.5) is 0 Å². The highest BCUT2D eigenvalue weighted by atomic mass is 79.9. The van der Waals surface area contributed by atoms with Crippen LogP contribution in [0.25, 0.3) is 5.69 Å². The van der Waals surface area contributed by atoms with Gasteiger partial charge in [-0.05, 0) is 36.8 Å². The number of carboxylic acids is 1. The largest absolute Gasteiger partial charge is 0.481 e. The van der Waals surface area contributed by atoms with Crippen molar-refractivity contribution < 1.29 is 14.7 Å². The highest BCUT2D eigenvalue weighted by molar-refractivity contribution is 9.10. The van der Waals surface area contributed by atoms with Crippen LogP contribution in [0.15, 0.2) is 70.4 Å². The Balaban J connectivity index is 1.69. The van der Waals surface area contributed by atoms with E-state index in [1.165, 1.54) is 5.01 Å². The zero-order valence-corrected chi connectivity index (χ0v) is 18.5. The van der Waals surface area contributed by atoms with Gasteiger partial charge in [-0.25, -0.2) is 9.69 Å². The molecule has 1 aliphatic rings. The van der Waals surface area contributed by atoms with E-state index in [0.29, 0.717) is 6.42 Å². The quantitative estimate of drug-likeness (QED) is 0.562. The second kappa shape index (κ2) is 8.85. The van der Waals surface area contributed by atoms with E-state index in [1.54, 1.807) is 4.68 Å². The van der Waals surface area contributed by atoms with Gasteiger partial charge in [0.15, 0.2) is 0 Å². The Bertz CT molecular complexity index is 1160. The number of aryl methyl sites for hydroxylation is 1. The van der Waals surface area contributed by atoms with Gasteiger partial charge in [0.1, 0.15) is 0 Å². The van der Waals surface area contributed by atoms with Crippen LogP contribution in [-0.4, -0.2) is 37.5 Å². The minimum absolute atomic E-state index is 0.104. The zero-order valence-electron chi connectivity index (χ0n) is 16.9. The average molecular weight is 481 g/mol. The molecule has 1 amide bonds. The molecule has 8 heteroatoms. The average Bonchev–Trinajstić information content (AvgIpc) is 3.36. The number of aromatic nitrogens is 2. The van der Waals surface area contributed by atoms with E-state index < -0.39 is 5.97 Å². The van der Waals surface area contributed by atoms with Crippen LogP contribution in [0.2, 0.25) is 0 Å². The van der Waals surface area contributed by atoms with Crippen molar-refractivity contribution in [3.05, 3.63) is 82.1 Å². The third kappa shape index (κ3) is 4.59. The lowest BCUT2D eigenvalue weighted by Crippen LogP contribution is -2.27. The van der Waals surface area contributed by atoms with E-state index in [9.17, 15) is 9.59 Å². The summed E-state index contributed by atoms with van der Waals surface area (Å²) in [5.74, 6) is -1.32. The minimum atomic E-state index is -1.01. The molecule has 2 aromatic carbocycles. The van der Waals surface area contributed by atoms with Crippen molar-refractivity contribution in [1.29, 1.82) is 0 Å². The summed E-state index contributed by atoms with van der Waals surface area (Å²) in [6.45, 7) is 1.91. The standard InChI is InChI=1S/C23H21BrN4O3/c1-15-19(14-27(25-15)18-8-3-2-4-9-18)21-13-20(16-6-5-7-17(24)12-16)26-28(21)22(29)10-11-23(30)31/h2-9,12,14,21H,10-11,13H2,1H3,(H,30,31)/t21-/m0/s1. The second-order valence-electron chi connectivity index (χ2n) is 7.36. The van der Waals surface area contributed by atoms with Crippen LogP contribution < -0.4 is 0 Å². The number of halogens is 1. The summed E-state index contributed by atoms with van der Waals surface area (Å²) in [6.07, 6.45) is 2.11. The van der Waals surface area contributed by atoms with Crippen LogP contribution >= 0.6 is 15.9 Å². The Kier molecular flexibility index (Phi) is 5.99. The predicted molar refractivity (Wildman–Crippen MR) is 120 cm³/mol. The van der Waals surface area contributed by atoms with Gasteiger partial charge in [-0.2, -0.15) is 10.2 Å². The van der Waals surface area contributed by atoms with Crippen molar-refractivity contribution in [3.8, 4) is 5.69 Å². The molecule has 0 saturated heterocycles. The van der Waals surface area contributed by atoms with Crippen molar-refractivity contribution in [2.45, 2.75) is 32.2 Å². The SMILES string of the molecule is Cc1nn(-c2ccccc2)cc1[C@@H]1CC(c2cccc(Br)c2)=NN1C(=O)CCC(=O)O. The highest BCUT2D eigenvalue weighted by Crippen LogP contribution is 2.35. The number of nitrogens with zero attached hydrogens (tertiary/aromatic N) is 4. The van der Waals surface area contributed by atoms with Crippen molar-refractivity contribution in [1.82, 2.24) is 14.8 Å². The van der Waals surface area contributed by atoms with E-state index in [1.807, 2.05) is 67.7 Å². The molecule has 0 bridgehead atoms. The van der Waals surface area contributed by atoms with Gasteiger partial charge in [-0.15, -0.1) is 0 Å². The maximum absolute atomic E-state index is 12.9. The monoisotopic (exact) mass is 480 g/mol. The van der Waals surface area contributed by atoms with Crippen LogP contribution in [0.5, 0.6) is 0 Å². The molecule has 1 aromatic heterocycles. The Morgan fingerprint density at radius 2 is 1.90 bits per heavy atom. The van der Waals surface area contributed by atoms with Crippen molar-refractivity contribution >= 4 is 33.5 Å². The summed E-state index contributed by atoms with van der Waals surface area (Å²) >= 11 is 3.48. The molecule has 2 heterocycles. The molecule has 0 spiro atoms. The number of carboxylic acid groups (broad SMARTS) is 1. The van der Waals surface area contributed by atoms with Gasteiger partial charge in [0.25, 0.3) is 0 Å². The van der Waals surface area contributed by atoms with E-state index in [2.05, 4.69) is 26.1 Å². The van der Waals surface area contributed by atoms with Gasteiger partial charge in [0.05, 0.1) is 29.6 Å². The number of hydrazone groups is 1. The van der Waals surface area contributed by atoms with Crippen LogP contribution in [0.1, 0.15) is 42.1 Å². The first-order valence-corrected chi connectivity index (χ1v) is 10.7. The number of rotatable bonds is 6. The molecule has 4 rings (SSSR count). The first kappa shape index (κ1) is 21.0. The topological polar surface area (TPSA) is 87.8 Å². The number of para-hydroxylation sites is 1. The Morgan fingerprint density at radius 3 is 2.61 bits per heavy atom. The van der Waals surface area contributed by atoms with Gasteiger partial charge in [-0.3, -0.25) is 9.59 Å². The van der Waals surface area contributed by atoms with Gasteiger partial charge >= 0.3 is 5.97 Å². The van der Waals surface area contributed by atoms with Crippen LogP contribution in [-0.2, 0) is 9.59 Å². The molecule has 0 aliphatic carbocycles. The first-order chi connectivity index (χ1) is 14.9. The van der Waals surface area contributed by atoms with Gasteiger partial charge in [-0.1, -0.05) is 46.3 Å². The lowest BCUT2D eigenvalue weighted by Gasteiger charge is -2.21. The molecule has 1 aliphatic heterocycles. The number of amides is 1. The lowest BCUT2D eigenvalue weighted by atomic mass is 9.99. The van der Waals surface area contributed by atoms with Gasteiger partial charge in [0.2, 0.25) is 5.91 Å². The summed E-state index contributed by atoms with van der Waals surface area (Å²) in [5, 5.41) is 19.7. The summed E-state index contributed by atoms with van der Waals surface area (Å²) in [6, 6.07) is 17.2. The first-order valence-electron chi connectivity index (χ1n) is 9.91. The normalized spacial score (nSPS) is 15.7. The lowest BCUT2D eigenvalue weighted by molar-refractivity contribution is -0.141. The maximum atomic E-state index is 12.9. The molecule has 0 saturated carbocycles. The fraction of sp³-hybridized carbons (Fsp3) is 0.217. The Labute approximate surface area is 188 Å². The number of hydrogen-bond donors (Lipinski definition) is 1. The summed E-state index contributed by atoms with van der Waals surface area (Å²) in [7, 11) is 0.